The number of hydrogen-bond donors (Lipinski definition) is 4. The molecule has 1 saturated carbocycles. The van der Waals surface area contributed by atoms with E-state index in [1.807, 2.05) is 108 Å². The lowest BCUT2D eigenvalue weighted by Gasteiger charge is -2.38. The third-order valence-corrected chi connectivity index (χ3v) is 24.3. The fraction of sp³-hybridized carbons (Fsp3) is 0.424. The van der Waals surface area contributed by atoms with E-state index < -0.39 is 0 Å². The van der Waals surface area contributed by atoms with Crippen molar-refractivity contribution in [3.63, 3.8) is 0 Å². The molecule has 0 bridgehead atoms. The first-order valence-electron chi connectivity index (χ1n) is 42.0. The number of allylic oxidation sites excluding steroid dienone is 1. The number of aromatic hydroxyl groups is 3. The van der Waals surface area contributed by atoms with E-state index in [1.54, 1.807) is 17.0 Å². The van der Waals surface area contributed by atoms with Gasteiger partial charge < -0.3 is 83.6 Å². The first kappa shape index (κ1) is 82.3. The van der Waals surface area contributed by atoms with Crippen LogP contribution in [0.3, 0.4) is 0 Å². The van der Waals surface area contributed by atoms with E-state index in [0.717, 1.165) is 178 Å². The number of piperidine rings is 1. The minimum atomic E-state index is -0.184. The Morgan fingerprint density at radius 3 is 1.23 bits per heavy atom. The van der Waals surface area contributed by atoms with Crippen molar-refractivity contribution >= 4 is 84.6 Å². The number of carbonyl (C=O) groups excluding carboxylic acids is 3. The minimum absolute atomic E-state index is 0.0288. The molecule has 9 aromatic rings. The zero-order valence-corrected chi connectivity index (χ0v) is 68.9. The molecule has 8 aliphatic rings. The second-order valence-electron chi connectivity index (χ2n) is 32.5. The predicted octanol–water partition coefficient (Wildman–Crippen LogP) is 10.5. The van der Waals surface area contributed by atoms with E-state index in [2.05, 4.69) is 85.7 Å². The summed E-state index contributed by atoms with van der Waals surface area (Å²) in [6, 6.07) is 36.2. The third kappa shape index (κ3) is 19.2. The number of likely N-dealkylation sites (tertiary alicyclic amines) is 1. The standard InChI is InChI=1S/C32H40N6O3.C31H35N5O3.C29H36N6O4/c1-3-30(40)36-15-17-37(18-16-36)31-27-11-14-38(29-20-25(39)19-24-9-5-6-10-26(24)29)22-28(27)33-32(34-31)41-23(2)21-35-12-7-4-8-13-35;1-3-29(38)34-12-14-35(15-13-34)30-26-10-11-36(28-18-24(37)17-23-6-4-5-7-25(23)28)19-27(26)32-31(33-30)39-20-22-9-8-21(2)16-22;1-4-27(38)33-11-13-34(14-12-33)28-24-9-10-35(26-16-22(37)15-20-7-5-6-8-23(20)26)17-25(24)30-29(31-28)39-19-21(18-36)32(2)3/h3,5-6,9-10,19-20,23,39H,1,4,7-8,11-18,21-22H2,2H3;3-7,17-18,22,37H,1-2,8-16,19-20H2;4-8,15-16,21,36-37H,1,9-14,17-19H2,2-3H3/t23-;22-;/m11./s1. The molecule has 6 aromatic carbocycles. The highest BCUT2D eigenvalue weighted by molar-refractivity contribution is 5.98. The Labute approximate surface area is 696 Å². The molecule has 4 N–H and O–H groups in total. The van der Waals surface area contributed by atoms with Gasteiger partial charge in [-0.3, -0.25) is 19.3 Å². The zero-order valence-electron chi connectivity index (χ0n) is 68.9. The van der Waals surface area contributed by atoms with Crippen molar-refractivity contribution < 1.29 is 49.0 Å². The molecular weight excluding hydrogens is 1500 g/mol. The number of rotatable bonds is 21. The summed E-state index contributed by atoms with van der Waals surface area (Å²) >= 11 is 0. The second-order valence-corrected chi connectivity index (χ2v) is 32.5. The molecule has 3 aromatic heterocycles. The van der Waals surface area contributed by atoms with Crippen LogP contribution in [0.25, 0.3) is 32.3 Å². The van der Waals surface area contributed by atoms with E-state index >= 15 is 0 Å². The molecule has 10 heterocycles. The summed E-state index contributed by atoms with van der Waals surface area (Å²) in [5.74, 6) is 3.74. The van der Waals surface area contributed by atoms with Crippen molar-refractivity contribution in [2.24, 2.45) is 5.92 Å². The Kier molecular flexibility index (Phi) is 25.9. The predicted molar refractivity (Wildman–Crippen MR) is 467 cm³/mol. The molecule has 1 unspecified atom stereocenters. The van der Waals surface area contributed by atoms with Crippen molar-refractivity contribution in [1.29, 1.82) is 0 Å². The lowest BCUT2D eigenvalue weighted by molar-refractivity contribution is -0.127. The lowest BCUT2D eigenvalue weighted by Crippen LogP contribution is -2.49. The van der Waals surface area contributed by atoms with Crippen molar-refractivity contribution in [2.75, 3.05) is 181 Å². The van der Waals surface area contributed by atoms with Crippen LogP contribution in [0, 0.1) is 5.92 Å². The van der Waals surface area contributed by atoms with Crippen LogP contribution in [0.2, 0.25) is 0 Å². The number of phenols is 3. The molecule has 4 saturated heterocycles. The molecule has 3 amide bonds. The van der Waals surface area contributed by atoms with Gasteiger partial charge in [-0.1, -0.05) is 111 Å². The Balaban J connectivity index is 0.000000139. The van der Waals surface area contributed by atoms with Crippen molar-refractivity contribution in [1.82, 2.24) is 54.4 Å². The average molecular weight is 1620 g/mol. The van der Waals surface area contributed by atoms with E-state index in [1.165, 1.54) is 43.1 Å². The van der Waals surface area contributed by atoms with Crippen molar-refractivity contribution in [3.05, 3.63) is 193 Å². The maximum absolute atomic E-state index is 12.2. The van der Waals surface area contributed by atoms with Gasteiger partial charge in [0.15, 0.2) is 0 Å². The molecule has 27 nitrogen and oxygen atoms in total. The molecule has 0 spiro atoms. The lowest BCUT2D eigenvalue weighted by atomic mass is 10.0. The van der Waals surface area contributed by atoms with Gasteiger partial charge in [-0.05, 0) is 144 Å². The zero-order chi connectivity index (χ0) is 82.8. The molecule has 17 rings (SSSR count). The number of likely N-dealkylation sites (N-methyl/N-ethyl adjacent to an activating group) is 1. The number of ether oxygens (including phenoxy) is 3. The number of piperazine rings is 3. The smallest absolute Gasteiger partial charge is 0.318 e. The number of hydrogen-bond acceptors (Lipinski definition) is 24. The molecule has 7 aliphatic heterocycles. The van der Waals surface area contributed by atoms with Crippen molar-refractivity contribution in [2.45, 2.75) is 96.5 Å². The summed E-state index contributed by atoms with van der Waals surface area (Å²) in [4.78, 5) is 89.3. The Morgan fingerprint density at radius 2 is 0.857 bits per heavy atom. The van der Waals surface area contributed by atoms with E-state index in [9.17, 15) is 34.8 Å². The maximum atomic E-state index is 12.2. The van der Waals surface area contributed by atoms with E-state index in [4.69, 9.17) is 44.1 Å². The van der Waals surface area contributed by atoms with Crippen LogP contribution in [0.1, 0.15) is 79.2 Å². The summed E-state index contributed by atoms with van der Waals surface area (Å²) in [6.07, 6.45) is 13.3. The second kappa shape index (κ2) is 37.4. The summed E-state index contributed by atoms with van der Waals surface area (Å²) in [7, 11) is 3.79. The van der Waals surface area contributed by atoms with Gasteiger partial charge in [-0.25, -0.2) is 0 Å². The van der Waals surface area contributed by atoms with E-state index in [-0.39, 0.29) is 66.3 Å². The van der Waals surface area contributed by atoms with Crippen LogP contribution < -0.4 is 43.6 Å². The van der Waals surface area contributed by atoms with Crippen LogP contribution in [0.4, 0.5) is 34.5 Å². The van der Waals surface area contributed by atoms with Gasteiger partial charge >= 0.3 is 18.0 Å². The monoisotopic (exact) mass is 1610 g/mol. The molecular formula is C92H111N17O10. The van der Waals surface area contributed by atoms with Crippen LogP contribution in [0.5, 0.6) is 35.3 Å². The van der Waals surface area contributed by atoms with E-state index in [0.29, 0.717) is 123 Å². The summed E-state index contributed by atoms with van der Waals surface area (Å²) in [5, 5.41) is 47.4. The van der Waals surface area contributed by atoms with Crippen molar-refractivity contribution in [3.8, 4) is 35.3 Å². The molecule has 3 atom stereocenters. The summed E-state index contributed by atoms with van der Waals surface area (Å²) in [6.45, 7) is 32.9. The first-order chi connectivity index (χ1) is 57.8. The molecule has 1 aliphatic carbocycles. The number of benzene rings is 6. The maximum Gasteiger partial charge on any atom is 0.318 e. The van der Waals surface area contributed by atoms with Gasteiger partial charge in [0.2, 0.25) is 17.7 Å². The molecule has 5 fully saturated rings. The topological polar surface area (TPSA) is 273 Å². The number of nitrogens with zero attached hydrogens (tertiary/aromatic N) is 17. The SMILES string of the molecule is C=CC(=O)N1CCN(c2nc(OCC(CO)N(C)C)nc3c2CCN(c2cc(O)cc4ccccc24)C3)CC1.C=CC(=O)N1CCN(c2nc(OC[C@@H]3CCC(=C)C3)nc3c2CCN(c2cc(O)cc4ccccc24)C3)CC1.C=CC(=O)N1CCN(c2nc(O[C@H](C)CN3CCCCC3)nc3c2CCN(c2cc(O)cc4ccccc24)C3)CC1. The Hall–Kier alpha value is -11.8. The highest BCUT2D eigenvalue weighted by atomic mass is 16.5. The van der Waals surface area contributed by atoms with Gasteiger partial charge in [-0.2, -0.15) is 29.9 Å². The van der Waals surface area contributed by atoms with Crippen LogP contribution >= 0.6 is 0 Å². The van der Waals surface area contributed by atoms with Crippen LogP contribution in [-0.4, -0.2) is 256 Å². The van der Waals surface area contributed by atoms with Gasteiger partial charge in [0.25, 0.3) is 0 Å². The fourth-order valence-electron chi connectivity index (χ4n) is 17.8. The van der Waals surface area contributed by atoms with Gasteiger partial charge in [0, 0.05) is 173 Å². The number of phenolic OH excluding ortho intramolecular Hbond substituents is 3. The number of amides is 3. The summed E-state index contributed by atoms with van der Waals surface area (Å²) < 4.78 is 18.6. The number of aromatic nitrogens is 6. The van der Waals surface area contributed by atoms with Gasteiger partial charge in [-0.15, -0.1) is 0 Å². The number of aliphatic hydroxyl groups is 1. The number of fused-ring (bicyclic) bond motifs is 6. The number of carbonyl (C=O) groups is 3. The van der Waals surface area contributed by atoms with Crippen LogP contribution in [-0.2, 0) is 53.3 Å². The molecule has 27 heteroatoms. The number of aliphatic hydroxyl groups excluding tert-OH is 1. The van der Waals surface area contributed by atoms with Gasteiger partial charge in [0.05, 0.1) is 56.0 Å². The minimum Gasteiger partial charge on any atom is -0.508 e. The fourth-order valence-corrected chi connectivity index (χ4v) is 17.8. The van der Waals surface area contributed by atoms with Gasteiger partial charge in [0.1, 0.15) is 47.4 Å². The molecule has 624 valence electrons. The highest BCUT2D eigenvalue weighted by Gasteiger charge is 2.35. The largest absolute Gasteiger partial charge is 0.508 e. The average Bonchev–Trinajstić information content (AvgIpc) is 0.810. The normalized spacial score (nSPS) is 18.1. The number of anilines is 6. The quantitative estimate of drug-likeness (QED) is 0.0384. The molecule has 119 heavy (non-hydrogen) atoms. The van der Waals surface area contributed by atoms with Crippen LogP contribution in [0.15, 0.2) is 159 Å². The highest BCUT2D eigenvalue weighted by Crippen LogP contribution is 2.42. The molecule has 0 radical (unpaired) electrons. The summed E-state index contributed by atoms with van der Waals surface area (Å²) in [5.41, 5.74) is 10.4. The Morgan fingerprint density at radius 1 is 0.479 bits per heavy atom. The third-order valence-electron chi connectivity index (χ3n) is 24.3. The Bertz CT molecular complexity index is 5210. The first-order valence-corrected chi connectivity index (χ1v) is 42.0.